The Labute approximate surface area is 217 Å². The van der Waals surface area contributed by atoms with E-state index in [0.29, 0.717) is 71.6 Å². The average Bonchev–Trinajstić information content (AvgIpc) is 2.87. The smallest absolute Gasteiger partial charge is 0.305 e. The highest BCUT2D eigenvalue weighted by Gasteiger charge is 2.12. The van der Waals surface area contributed by atoms with Gasteiger partial charge in [-0.25, -0.2) is 0 Å². The van der Waals surface area contributed by atoms with Crippen LogP contribution in [0, 0.1) is 5.92 Å². The van der Waals surface area contributed by atoms with Gasteiger partial charge in [-0.3, -0.25) is 4.79 Å². The number of carbonyl (C=O) groups is 1. The molecule has 0 aromatic rings. The van der Waals surface area contributed by atoms with Gasteiger partial charge in [-0.05, 0) is 31.6 Å². The maximum atomic E-state index is 12.0. The number of hydrogen-bond acceptors (Lipinski definition) is 6. The summed E-state index contributed by atoms with van der Waals surface area (Å²) in [7, 11) is 0. The largest absolute Gasteiger partial charge is 0.465 e. The third-order valence-electron chi connectivity index (χ3n) is 6.09. The third-order valence-corrected chi connectivity index (χ3v) is 6.09. The molecule has 1 unspecified atom stereocenters. The maximum Gasteiger partial charge on any atom is 0.305 e. The number of ether oxygens (including phenoxy) is 5. The van der Waals surface area contributed by atoms with Gasteiger partial charge in [0.15, 0.2) is 0 Å². The summed E-state index contributed by atoms with van der Waals surface area (Å²) in [5.74, 6) is 0.415. The minimum Gasteiger partial charge on any atom is -0.465 e. The van der Waals surface area contributed by atoms with E-state index in [1.807, 2.05) is 0 Å². The van der Waals surface area contributed by atoms with Crippen molar-refractivity contribution >= 4 is 5.97 Å². The van der Waals surface area contributed by atoms with Gasteiger partial charge in [-0.2, -0.15) is 0 Å². The Kier molecular flexibility index (Phi) is 29.0. The number of carbonyl (C=O) groups excluding carboxylic acids is 1. The predicted molar refractivity (Wildman–Crippen MR) is 144 cm³/mol. The fourth-order valence-corrected chi connectivity index (χ4v) is 3.83. The fraction of sp³-hybridized carbons (Fsp3) is 0.966. The topological polar surface area (TPSA) is 63.2 Å². The summed E-state index contributed by atoms with van der Waals surface area (Å²) in [4.78, 5) is 12.0. The lowest BCUT2D eigenvalue weighted by atomic mass is 9.96. The second-order valence-corrected chi connectivity index (χ2v) is 9.51. The van der Waals surface area contributed by atoms with E-state index in [9.17, 15) is 4.79 Å². The minimum atomic E-state index is -0.0995. The molecule has 0 saturated heterocycles. The summed E-state index contributed by atoms with van der Waals surface area (Å²) in [5.41, 5.74) is 0. The van der Waals surface area contributed by atoms with Gasteiger partial charge in [0.2, 0.25) is 0 Å². The standard InChI is InChI=1S/C29H58O6/c1-4-7-10-12-14-19-31-21-23-33-25-26-34-24-22-32-20-15-18-29(30)35-27-28(16-9-6-3)17-13-11-8-5-2/h28H,4-27H2,1-3H3. The van der Waals surface area contributed by atoms with Gasteiger partial charge in [-0.15, -0.1) is 0 Å². The van der Waals surface area contributed by atoms with Gasteiger partial charge in [0, 0.05) is 19.6 Å². The van der Waals surface area contributed by atoms with Crippen molar-refractivity contribution in [1.82, 2.24) is 0 Å². The number of unbranched alkanes of at least 4 members (excludes halogenated alkanes) is 8. The van der Waals surface area contributed by atoms with Crippen molar-refractivity contribution in [1.29, 1.82) is 0 Å². The molecule has 0 aliphatic rings. The van der Waals surface area contributed by atoms with Crippen LogP contribution in [0.25, 0.3) is 0 Å². The van der Waals surface area contributed by atoms with Crippen LogP contribution in [0.4, 0.5) is 0 Å². The predicted octanol–water partition coefficient (Wildman–Crippen LogP) is 7.12. The molecular weight excluding hydrogens is 444 g/mol. The lowest BCUT2D eigenvalue weighted by molar-refractivity contribution is -0.145. The summed E-state index contributed by atoms with van der Waals surface area (Å²) >= 11 is 0. The van der Waals surface area contributed by atoms with Gasteiger partial charge in [0.1, 0.15) is 0 Å². The van der Waals surface area contributed by atoms with Crippen LogP contribution in [0.15, 0.2) is 0 Å². The third kappa shape index (κ3) is 27.7. The van der Waals surface area contributed by atoms with Crippen LogP contribution < -0.4 is 0 Å². The molecule has 0 bridgehead atoms. The molecule has 0 spiro atoms. The highest BCUT2D eigenvalue weighted by atomic mass is 16.6. The van der Waals surface area contributed by atoms with Gasteiger partial charge in [0.05, 0.1) is 46.2 Å². The van der Waals surface area contributed by atoms with Crippen molar-refractivity contribution in [3.8, 4) is 0 Å². The molecule has 0 fully saturated rings. The second-order valence-electron chi connectivity index (χ2n) is 9.51. The molecule has 1 atom stereocenters. The Morgan fingerprint density at radius 3 is 1.54 bits per heavy atom. The highest BCUT2D eigenvalue weighted by Crippen LogP contribution is 2.18. The quantitative estimate of drug-likeness (QED) is 0.0801. The first kappa shape index (κ1) is 34.3. The zero-order valence-corrected chi connectivity index (χ0v) is 23.5. The molecule has 210 valence electrons. The van der Waals surface area contributed by atoms with E-state index >= 15 is 0 Å². The SMILES string of the molecule is CCCCCCCOCCOCCOCCOCCCC(=O)OCC(CCCC)CCCCCC. The molecule has 0 aliphatic carbocycles. The highest BCUT2D eigenvalue weighted by molar-refractivity contribution is 5.69. The van der Waals surface area contributed by atoms with E-state index in [4.69, 9.17) is 23.7 Å². The zero-order chi connectivity index (χ0) is 25.7. The van der Waals surface area contributed by atoms with Gasteiger partial charge in [0.25, 0.3) is 0 Å². The summed E-state index contributed by atoms with van der Waals surface area (Å²) in [5, 5.41) is 0. The van der Waals surface area contributed by atoms with Crippen LogP contribution in [0.5, 0.6) is 0 Å². The maximum absolute atomic E-state index is 12.0. The number of hydrogen-bond donors (Lipinski definition) is 0. The Balaban J connectivity index is 3.42. The van der Waals surface area contributed by atoms with E-state index in [1.165, 1.54) is 70.6 Å². The molecule has 0 N–H and O–H groups in total. The minimum absolute atomic E-state index is 0.0995. The van der Waals surface area contributed by atoms with Crippen molar-refractivity contribution in [3.05, 3.63) is 0 Å². The van der Waals surface area contributed by atoms with E-state index in [-0.39, 0.29) is 5.97 Å². The van der Waals surface area contributed by atoms with E-state index < -0.39 is 0 Å². The Morgan fingerprint density at radius 2 is 0.971 bits per heavy atom. The molecule has 0 aromatic heterocycles. The molecule has 0 aromatic carbocycles. The van der Waals surface area contributed by atoms with Gasteiger partial charge in [-0.1, -0.05) is 85.0 Å². The van der Waals surface area contributed by atoms with Crippen molar-refractivity contribution in [2.75, 3.05) is 59.5 Å². The molecule has 0 radical (unpaired) electrons. The molecule has 0 heterocycles. The van der Waals surface area contributed by atoms with Crippen molar-refractivity contribution in [2.24, 2.45) is 5.92 Å². The molecular formula is C29H58O6. The summed E-state index contributed by atoms with van der Waals surface area (Å²) in [6.07, 6.45) is 17.3. The van der Waals surface area contributed by atoms with Crippen molar-refractivity contribution in [3.63, 3.8) is 0 Å². The number of rotatable bonds is 29. The van der Waals surface area contributed by atoms with E-state index in [2.05, 4.69) is 20.8 Å². The lowest BCUT2D eigenvalue weighted by Gasteiger charge is -2.16. The van der Waals surface area contributed by atoms with Gasteiger partial charge < -0.3 is 23.7 Å². The lowest BCUT2D eigenvalue weighted by Crippen LogP contribution is -2.15. The van der Waals surface area contributed by atoms with Crippen LogP contribution in [-0.4, -0.2) is 65.4 Å². The monoisotopic (exact) mass is 502 g/mol. The van der Waals surface area contributed by atoms with Crippen molar-refractivity contribution in [2.45, 2.75) is 117 Å². The van der Waals surface area contributed by atoms with Crippen molar-refractivity contribution < 1.29 is 28.5 Å². The van der Waals surface area contributed by atoms with Crippen LogP contribution in [0.1, 0.15) is 117 Å². The summed E-state index contributed by atoms with van der Waals surface area (Å²) in [6.45, 7) is 12.1. The molecule has 0 rings (SSSR count). The Morgan fingerprint density at radius 1 is 0.514 bits per heavy atom. The first-order valence-electron chi connectivity index (χ1n) is 14.7. The normalized spacial score (nSPS) is 12.2. The van der Waals surface area contributed by atoms with E-state index in [1.54, 1.807) is 0 Å². The van der Waals surface area contributed by atoms with Gasteiger partial charge >= 0.3 is 5.97 Å². The molecule has 0 saturated carbocycles. The molecule has 6 heteroatoms. The summed E-state index contributed by atoms with van der Waals surface area (Å²) in [6, 6.07) is 0. The van der Waals surface area contributed by atoms with Crippen LogP contribution in [0.2, 0.25) is 0 Å². The Bertz CT molecular complexity index is 418. The molecule has 0 amide bonds. The first-order chi connectivity index (χ1) is 17.2. The zero-order valence-electron chi connectivity index (χ0n) is 23.5. The second kappa shape index (κ2) is 29.5. The van der Waals surface area contributed by atoms with Crippen LogP contribution >= 0.6 is 0 Å². The molecule has 0 aliphatic heterocycles. The Hall–Kier alpha value is -0.690. The summed E-state index contributed by atoms with van der Waals surface area (Å²) < 4.78 is 27.7. The fourth-order valence-electron chi connectivity index (χ4n) is 3.83. The van der Waals surface area contributed by atoms with Crippen LogP contribution in [-0.2, 0) is 28.5 Å². The first-order valence-corrected chi connectivity index (χ1v) is 14.7. The van der Waals surface area contributed by atoms with E-state index in [0.717, 1.165) is 19.4 Å². The number of esters is 1. The molecule has 6 nitrogen and oxygen atoms in total. The molecule has 35 heavy (non-hydrogen) atoms. The van der Waals surface area contributed by atoms with Crippen LogP contribution in [0.3, 0.4) is 0 Å². The average molecular weight is 503 g/mol.